The third kappa shape index (κ3) is 3.90. The summed E-state index contributed by atoms with van der Waals surface area (Å²) in [5, 5.41) is 9.70. The molecule has 0 atom stereocenters. The summed E-state index contributed by atoms with van der Waals surface area (Å²) >= 11 is 13.7. The minimum Gasteiger partial charge on any atom is -0.347 e. The molecule has 0 aliphatic heterocycles. The van der Waals surface area contributed by atoms with Crippen LogP contribution in [0, 0.1) is 6.92 Å². The van der Waals surface area contributed by atoms with Crippen molar-refractivity contribution in [3.05, 3.63) is 80.5 Å². The molecule has 0 radical (unpaired) electrons. The second-order valence-electron chi connectivity index (χ2n) is 6.35. The molecule has 0 bridgehead atoms. The predicted molar refractivity (Wildman–Crippen MR) is 113 cm³/mol. The molecule has 0 saturated carbocycles. The van der Waals surface area contributed by atoms with Crippen molar-refractivity contribution in [3.63, 3.8) is 0 Å². The standard InChI is InChI=1S/C20H16Cl2N4OS/c1-12-16-8-18(19(27)24-10-13-3-2-6-23-9-13)28-20(16)26(25-12)11-14-4-5-15(21)7-17(14)22/h2-9H,10-11H2,1H3,(H,24,27). The zero-order valence-electron chi connectivity index (χ0n) is 14.9. The molecular weight excluding hydrogens is 415 g/mol. The monoisotopic (exact) mass is 430 g/mol. The van der Waals surface area contributed by atoms with Crippen LogP contribution in [-0.4, -0.2) is 20.7 Å². The molecule has 0 aliphatic carbocycles. The van der Waals surface area contributed by atoms with E-state index in [0.717, 1.165) is 27.0 Å². The third-order valence-electron chi connectivity index (χ3n) is 4.34. The van der Waals surface area contributed by atoms with Crippen molar-refractivity contribution < 1.29 is 4.79 Å². The highest BCUT2D eigenvalue weighted by Crippen LogP contribution is 2.30. The highest BCUT2D eigenvalue weighted by molar-refractivity contribution is 7.20. The number of benzene rings is 1. The molecule has 1 aromatic carbocycles. The first-order chi connectivity index (χ1) is 13.5. The summed E-state index contributed by atoms with van der Waals surface area (Å²) in [6, 6.07) is 11.1. The molecule has 0 fully saturated rings. The maximum atomic E-state index is 12.6. The summed E-state index contributed by atoms with van der Waals surface area (Å²) in [4.78, 5) is 18.2. The summed E-state index contributed by atoms with van der Waals surface area (Å²) in [5.74, 6) is -0.111. The summed E-state index contributed by atoms with van der Waals surface area (Å²) in [6.45, 7) is 2.89. The predicted octanol–water partition coefficient (Wildman–Crippen LogP) is 5.09. The van der Waals surface area contributed by atoms with Gasteiger partial charge in [0.25, 0.3) is 5.91 Å². The zero-order valence-corrected chi connectivity index (χ0v) is 17.3. The first-order valence-corrected chi connectivity index (χ1v) is 10.2. The number of nitrogens with zero attached hydrogens (tertiary/aromatic N) is 3. The minimum absolute atomic E-state index is 0.111. The van der Waals surface area contributed by atoms with E-state index in [2.05, 4.69) is 15.4 Å². The van der Waals surface area contributed by atoms with Crippen LogP contribution in [-0.2, 0) is 13.1 Å². The van der Waals surface area contributed by atoms with Gasteiger partial charge < -0.3 is 5.32 Å². The summed E-state index contributed by atoms with van der Waals surface area (Å²) in [6.07, 6.45) is 3.45. The Labute approximate surface area is 175 Å². The van der Waals surface area contributed by atoms with Crippen molar-refractivity contribution in [1.82, 2.24) is 20.1 Å². The Morgan fingerprint density at radius 3 is 2.86 bits per heavy atom. The van der Waals surface area contributed by atoms with E-state index >= 15 is 0 Å². The van der Waals surface area contributed by atoms with Gasteiger partial charge in [0.15, 0.2) is 0 Å². The lowest BCUT2D eigenvalue weighted by atomic mass is 10.2. The van der Waals surface area contributed by atoms with Gasteiger partial charge in [0.05, 0.1) is 17.1 Å². The van der Waals surface area contributed by atoms with Gasteiger partial charge in [0, 0.05) is 34.4 Å². The molecule has 4 aromatic rings. The molecule has 142 valence electrons. The number of pyridine rings is 1. The quantitative estimate of drug-likeness (QED) is 0.479. The molecule has 28 heavy (non-hydrogen) atoms. The molecule has 3 heterocycles. The normalized spacial score (nSPS) is 11.1. The van der Waals surface area contributed by atoms with Gasteiger partial charge in [-0.1, -0.05) is 35.3 Å². The van der Waals surface area contributed by atoms with Crippen molar-refractivity contribution in [2.45, 2.75) is 20.0 Å². The maximum Gasteiger partial charge on any atom is 0.261 e. The van der Waals surface area contributed by atoms with E-state index in [1.54, 1.807) is 18.5 Å². The number of fused-ring (bicyclic) bond motifs is 1. The van der Waals surface area contributed by atoms with Crippen molar-refractivity contribution in [2.24, 2.45) is 0 Å². The van der Waals surface area contributed by atoms with E-state index in [-0.39, 0.29) is 5.91 Å². The van der Waals surface area contributed by atoms with Crippen LogP contribution in [0.4, 0.5) is 0 Å². The maximum absolute atomic E-state index is 12.6. The zero-order chi connectivity index (χ0) is 19.7. The Balaban J connectivity index is 1.57. The number of aryl methyl sites for hydroxylation is 1. The molecule has 4 rings (SSSR count). The van der Waals surface area contributed by atoms with Crippen LogP contribution in [0.25, 0.3) is 10.2 Å². The molecule has 0 unspecified atom stereocenters. The number of hydrogen-bond donors (Lipinski definition) is 1. The average molecular weight is 431 g/mol. The van der Waals surface area contributed by atoms with Gasteiger partial charge in [-0.05, 0) is 42.3 Å². The van der Waals surface area contributed by atoms with E-state index in [4.69, 9.17) is 23.2 Å². The Kier molecular flexibility index (Phi) is 5.35. The van der Waals surface area contributed by atoms with E-state index < -0.39 is 0 Å². The van der Waals surface area contributed by atoms with Gasteiger partial charge in [-0.3, -0.25) is 14.5 Å². The van der Waals surface area contributed by atoms with Gasteiger partial charge in [0.1, 0.15) is 4.83 Å². The van der Waals surface area contributed by atoms with Gasteiger partial charge in [0.2, 0.25) is 0 Å². The molecule has 3 aromatic heterocycles. The number of nitrogens with one attached hydrogen (secondary N) is 1. The molecule has 0 aliphatic rings. The van der Waals surface area contributed by atoms with E-state index in [1.165, 1.54) is 11.3 Å². The molecule has 0 spiro atoms. The Morgan fingerprint density at radius 2 is 2.11 bits per heavy atom. The average Bonchev–Trinajstić information content (AvgIpc) is 3.24. The number of thiophene rings is 1. The number of amides is 1. The Bertz CT molecular complexity index is 1150. The first-order valence-electron chi connectivity index (χ1n) is 8.59. The second-order valence-corrected chi connectivity index (χ2v) is 8.23. The second kappa shape index (κ2) is 7.91. The molecule has 0 saturated heterocycles. The summed E-state index contributed by atoms with van der Waals surface area (Å²) < 4.78 is 1.88. The molecule has 5 nitrogen and oxygen atoms in total. The smallest absolute Gasteiger partial charge is 0.261 e. The summed E-state index contributed by atoms with van der Waals surface area (Å²) in [7, 11) is 0. The number of halogens is 2. The van der Waals surface area contributed by atoms with Crippen LogP contribution >= 0.6 is 34.5 Å². The molecule has 1 amide bonds. The lowest BCUT2D eigenvalue weighted by molar-refractivity contribution is 0.0955. The SMILES string of the molecule is Cc1nn(Cc2ccc(Cl)cc2Cl)c2sc(C(=O)NCc3cccnc3)cc12. The van der Waals surface area contributed by atoms with Gasteiger partial charge in [-0.15, -0.1) is 11.3 Å². The van der Waals surface area contributed by atoms with Crippen molar-refractivity contribution in [3.8, 4) is 0 Å². The fourth-order valence-electron chi connectivity index (χ4n) is 2.92. The van der Waals surface area contributed by atoms with Crippen molar-refractivity contribution >= 4 is 50.7 Å². The van der Waals surface area contributed by atoms with Crippen LogP contribution in [0.3, 0.4) is 0 Å². The van der Waals surface area contributed by atoms with E-state index in [1.807, 2.05) is 41.9 Å². The van der Waals surface area contributed by atoms with Crippen LogP contribution in [0.15, 0.2) is 48.8 Å². The van der Waals surface area contributed by atoms with Gasteiger partial charge in [-0.25, -0.2) is 0 Å². The lowest BCUT2D eigenvalue weighted by Crippen LogP contribution is -2.21. The fourth-order valence-corrected chi connectivity index (χ4v) is 4.46. The lowest BCUT2D eigenvalue weighted by Gasteiger charge is -2.06. The highest BCUT2D eigenvalue weighted by Gasteiger charge is 2.17. The van der Waals surface area contributed by atoms with Crippen molar-refractivity contribution in [1.29, 1.82) is 0 Å². The number of aromatic nitrogens is 3. The number of carbonyl (C=O) groups is 1. The van der Waals surface area contributed by atoms with Crippen LogP contribution < -0.4 is 5.32 Å². The topological polar surface area (TPSA) is 59.8 Å². The largest absolute Gasteiger partial charge is 0.347 e. The molecular formula is C20H16Cl2N4OS. The van der Waals surface area contributed by atoms with Crippen LogP contribution in [0.1, 0.15) is 26.5 Å². The highest BCUT2D eigenvalue weighted by atomic mass is 35.5. The fraction of sp³-hybridized carbons (Fsp3) is 0.150. The van der Waals surface area contributed by atoms with E-state index in [9.17, 15) is 4.79 Å². The molecule has 1 N–H and O–H groups in total. The van der Waals surface area contributed by atoms with Crippen LogP contribution in [0.2, 0.25) is 10.0 Å². The van der Waals surface area contributed by atoms with Gasteiger partial charge >= 0.3 is 0 Å². The Hall–Kier alpha value is -2.41. The number of rotatable bonds is 5. The number of hydrogen-bond acceptors (Lipinski definition) is 4. The van der Waals surface area contributed by atoms with Crippen LogP contribution in [0.5, 0.6) is 0 Å². The first kappa shape index (κ1) is 18.9. The van der Waals surface area contributed by atoms with Crippen molar-refractivity contribution in [2.75, 3.05) is 0 Å². The minimum atomic E-state index is -0.111. The Morgan fingerprint density at radius 1 is 1.25 bits per heavy atom. The van der Waals surface area contributed by atoms with E-state index in [0.29, 0.717) is 28.0 Å². The summed E-state index contributed by atoms with van der Waals surface area (Å²) in [5.41, 5.74) is 2.76. The molecule has 8 heteroatoms. The number of carbonyl (C=O) groups excluding carboxylic acids is 1. The van der Waals surface area contributed by atoms with Gasteiger partial charge in [-0.2, -0.15) is 5.10 Å². The third-order valence-corrected chi connectivity index (χ3v) is 6.08.